The van der Waals surface area contributed by atoms with Gasteiger partial charge in [-0.05, 0) is 53.5 Å². The van der Waals surface area contributed by atoms with Crippen LogP contribution in [0.1, 0.15) is 64.9 Å². The molecule has 1 aliphatic heterocycles. The number of rotatable bonds is 6. The van der Waals surface area contributed by atoms with Gasteiger partial charge in [-0.2, -0.15) is 0 Å². The van der Waals surface area contributed by atoms with Gasteiger partial charge in [0.05, 0.1) is 12.8 Å². The fourth-order valence-electron chi connectivity index (χ4n) is 6.34. The van der Waals surface area contributed by atoms with Crippen molar-refractivity contribution in [2.24, 2.45) is 10.8 Å². The molecular weight excluding hydrogens is 504 g/mol. The molecular formula is C33H38N2O5. The molecule has 0 atom stereocenters. The molecule has 0 saturated heterocycles. The van der Waals surface area contributed by atoms with E-state index < -0.39 is 5.92 Å². The highest BCUT2D eigenvalue weighted by Gasteiger charge is 2.48. The second-order valence-corrected chi connectivity index (χ2v) is 12.7. The van der Waals surface area contributed by atoms with E-state index in [0.29, 0.717) is 30.0 Å². The number of amides is 1. The van der Waals surface area contributed by atoms with Crippen LogP contribution in [0.5, 0.6) is 11.5 Å². The molecule has 2 aromatic rings. The fraction of sp³-hybridized carbons (Fsp3) is 0.424. The van der Waals surface area contributed by atoms with Crippen LogP contribution in [-0.2, 0) is 14.4 Å². The predicted molar refractivity (Wildman–Crippen MR) is 154 cm³/mol. The summed E-state index contributed by atoms with van der Waals surface area (Å²) in [6.45, 7) is 8.36. The van der Waals surface area contributed by atoms with Crippen LogP contribution in [0, 0.1) is 10.8 Å². The minimum absolute atomic E-state index is 0.112. The van der Waals surface area contributed by atoms with Gasteiger partial charge < -0.3 is 19.7 Å². The lowest BCUT2D eigenvalue weighted by molar-refractivity contribution is -0.120. The molecule has 1 N–H and O–H groups in total. The van der Waals surface area contributed by atoms with Crippen LogP contribution in [0.15, 0.2) is 71.1 Å². The van der Waals surface area contributed by atoms with Gasteiger partial charge in [-0.25, -0.2) is 0 Å². The molecule has 7 heteroatoms. The highest BCUT2D eigenvalue weighted by Crippen LogP contribution is 2.53. The number of ketones is 2. The number of anilines is 1. The quantitative estimate of drug-likeness (QED) is 0.480. The SMILES string of the molecule is COc1ccccc1NC(=O)COc1ccc(C2C3=C(CC(C)(C)CC3=O)N(C)C3=C2C(=O)CC(C)(C)C3)cc1. The molecule has 2 aliphatic carbocycles. The lowest BCUT2D eigenvalue weighted by atomic mass is 9.64. The van der Waals surface area contributed by atoms with Gasteiger partial charge in [0.15, 0.2) is 18.2 Å². The minimum atomic E-state index is -0.392. The number of Topliss-reactive ketones (excluding diaryl/α,β-unsaturated/α-hetero) is 2. The van der Waals surface area contributed by atoms with E-state index in [1.54, 1.807) is 31.4 Å². The standard InChI is InChI=1S/C33H38N2O5/c1-32(2)15-23-30(25(36)17-32)29(31-24(35(23)5)16-33(3,4)18-26(31)37)20-11-13-21(14-12-20)40-19-28(38)34-22-9-7-8-10-27(22)39-6/h7-14,29H,15-19H2,1-6H3,(H,34,38). The molecule has 0 aromatic heterocycles. The van der Waals surface area contributed by atoms with Crippen LogP contribution in [0.3, 0.4) is 0 Å². The molecule has 0 unspecified atom stereocenters. The summed E-state index contributed by atoms with van der Waals surface area (Å²) in [5.74, 6) is 0.626. The maximum absolute atomic E-state index is 13.6. The van der Waals surface area contributed by atoms with Gasteiger partial charge in [0.2, 0.25) is 0 Å². The monoisotopic (exact) mass is 542 g/mol. The zero-order valence-electron chi connectivity index (χ0n) is 24.2. The Labute approximate surface area is 236 Å². The van der Waals surface area contributed by atoms with Crippen molar-refractivity contribution >= 4 is 23.2 Å². The molecule has 0 fully saturated rings. The fourth-order valence-corrected chi connectivity index (χ4v) is 6.34. The summed E-state index contributed by atoms with van der Waals surface area (Å²) in [5.41, 5.74) is 4.75. The van der Waals surface area contributed by atoms with Gasteiger partial charge in [-0.1, -0.05) is 52.0 Å². The maximum Gasteiger partial charge on any atom is 0.262 e. The van der Waals surface area contributed by atoms with Crippen molar-refractivity contribution in [3.63, 3.8) is 0 Å². The van der Waals surface area contributed by atoms with E-state index in [-0.39, 0.29) is 34.9 Å². The zero-order valence-corrected chi connectivity index (χ0v) is 24.2. The van der Waals surface area contributed by atoms with Crippen LogP contribution in [0.2, 0.25) is 0 Å². The molecule has 7 nitrogen and oxygen atoms in total. The number of allylic oxidation sites excluding steroid dienone is 4. The molecule has 3 aliphatic rings. The number of hydrogen-bond acceptors (Lipinski definition) is 6. The third-order valence-electron chi connectivity index (χ3n) is 8.14. The van der Waals surface area contributed by atoms with Crippen molar-refractivity contribution in [1.29, 1.82) is 0 Å². The highest BCUT2D eigenvalue weighted by molar-refractivity contribution is 6.06. The summed E-state index contributed by atoms with van der Waals surface area (Å²) in [5, 5.41) is 2.80. The van der Waals surface area contributed by atoms with Gasteiger partial charge in [0, 0.05) is 48.3 Å². The van der Waals surface area contributed by atoms with E-state index in [1.165, 1.54) is 0 Å². The van der Waals surface area contributed by atoms with Crippen LogP contribution in [-0.4, -0.2) is 43.1 Å². The molecule has 0 radical (unpaired) electrons. The van der Waals surface area contributed by atoms with Crippen molar-refractivity contribution < 1.29 is 23.9 Å². The number of ether oxygens (including phenoxy) is 2. The van der Waals surface area contributed by atoms with Crippen LogP contribution in [0.25, 0.3) is 0 Å². The number of nitrogens with one attached hydrogen (secondary N) is 1. The molecule has 0 bridgehead atoms. The molecule has 40 heavy (non-hydrogen) atoms. The average molecular weight is 543 g/mol. The number of methoxy groups -OCH3 is 1. The van der Waals surface area contributed by atoms with E-state index in [0.717, 1.165) is 40.9 Å². The zero-order chi connectivity index (χ0) is 28.8. The first-order chi connectivity index (χ1) is 18.9. The van der Waals surface area contributed by atoms with Crippen LogP contribution >= 0.6 is 0 Å². The molecule has 1 amide bonds. The van der Waals surface area contributed by atoms with Gasteiger partial charge >= 0.3 is 0 Å². The van der Waals surface area contributed by atoms with Crippen molar-refractivity contribution in [3.05, 3.63) is 76.6 Å². The lowest BCUT2D eigenvalue weighted by Crippen LogP contribution is -2.43. The summed E-state index contributed by atoms with van der Waals surface area (Å²) in [6.07, 6.45) is 2.49. The van der Waals surface area contributed by atoms with Crippen LogP contribution in [0.4, 0.5) is 5.69 Å². The van der Waals surface area contributed by atoms with E-state index in [9.17, 15) is 14.4 Å². The normalized spacial score (nSPS) is 20.2. The van der Waals surface area contributed by atoms with Crippen molar-refractivity contribution in [3.8, 4) is 11.5 Å². The summed E-state index contributed by atoms with van der Waals surface area (Å²) < 4.78 is 11.0. The Kier molecular flexibility index (Phi) is 7.11. The molecule has 0 spiro atoms. The number of nitrogens with zero attached hydrogens (tertiary/aromatic N) is 1. The number of carbonyl (C=O) groups excluding carboxylic acids is 3. The molecule has 210 valence electrons. The maximum atomic E-state index is 13.6. The van der Waals surface area contributed by atoms with E-state index >= 15 is 0 Å². The summed E-state index contributed by atoms with van der Waals surface area (Å²) in [6, 6.07) is 14.6. The molecule has 0 saturated carbocycles. The Bertz CT molecular complexity index is 1380. The first-order valence-electron chi connectivity index (χ1n) is 13.8. The first-order valence-corrected chi connectivity index (χ1v) is 13.8. The van der Waals surface area contributed by atoms with Crippen molar-refractivity contribution in [1.82, 2.24) is 4.90 Å². The highest BCUT2D eigenvalue weighted by atomic mass is 16.5. The molecule has 5 rings (SSSR count). The topological polar surface area (TPSA) is 84.9 Å². The lowest BCUT2D eigenvalue weighted by Gasteiger charge is -2.47. The first kappa shape index (κ1) is 27.7. The number of carbonyl (C=O) groups is 3. The van der Waals surface area contributed by atoms with E-state index in [4.69, 9.17) is 9.47 Å². The third kappa shape index (κ3) is 5.29. The predicted octanol–water partition coefficient (Wildman–Crippen LogP) is 6.03. The Hall–Kier alpha value is -3.87. The average Bonchev–Trinajstić information content (AvgIpc) is 2.88. The molecule has 2 aromatic carbocycles. The van der Waals surface area contributed by atoms with Gasteiger partial charge in [0.1, 0.15) is 11.5 Å². The summed E-state index contributed by atoms with van der Waals surface area (Å²) >= 11 is 0. The minimum Gasteiger partial charge on any atom is -0.495 e. The Morgan fingerprint density at radius 2 is 1.43 bits per heavy atom. The summed E-state index contributed by atoms with van der Waals surface area (Å²) in [7, 11) is 3.56. The van der Waals surface area contributed by atoms with Gasteiger partial charge in [0.25, 0.3) is 5.91 Å². The summed E-state index contributed by atoms with van der Waals surface area (Å²) in [4.78, 5) is 41.9. The van der Waals surface area contributed by atoms with Gasteiger partial charge in [-0.3, -0.25) is 14.4 Å². The smallest absolute Gasteiger partial charge is 0.262 e. The largest absolute Gasteiger partial charge is 0.495 e. The second-order valence-electron chi connectivity index (χ2n) is 12.7. The van der Waals surface area contributed by atoms with E-state index in [2.05, 4.69) is 37.9 Å². The molecule has 1 heterocycles. The Balaban J connectivity index is 1.42. The van der Waals surface area contributed by atoms with Crippen molar-refractivity contribution in [2.75, 3.05) is 26.1 Å². The second kappa shape index (κ2) is 10.3. The number of hydrogen-bond donors (Lipinski definition) is 1. The number of benzene rings is 2. The number of para-hydroxylation sites is 2. The third-order valence-corrected chi connectivity index (χ3v) is 8.14. The Morgan fingerprint density at radius 1 is 0.875 bits per heavy atom. The van der Waals surface area contributed by atoms with Gasteiger partial charge in [-0.15, -0.1) is 0 Å². The van der Waals surface area contributed by atoms with E-state index in [1.807, 2.05) is 31.3 Å². The Morgan fingerprint density at radius 3 is 1.98 bits per heavy atom. The van der Waals surface area contributed by atoms with Crippen molar-refractivity contribution in [2.45, 2.75) is 59.3 Å². The van der Waals surface area contributed by atoms with Crippen LogP contribution < -0.4 is 14.8 Å².